The van der Waals surface area contributed by atoms with Crippen LogP contribution in [0, 0.1) is 0 Å². The molecule has 88 valence electrons. The lowest BCUT2D eigenvalue weighted by Crippen LogP contribution is -2.14. The number of carboxylic acid groups (broad SMARTS) is 1. The first-order valence-electron chi connectivity index (χ1n) is 4.59. The molecule has 0 heterocycles. The van der Waals surface area contributed by atoms with Gasteiger partial charge in [-0.15, -0.1) is 11.8 Å². The van der Waals surface area contributed by atoms with Crippen LogP contribution < -0.4 is 5.73 Å². The maximum absolute atomic E-state index is 10.7. The number of hydrogen-bond donors (Lipinski definition) is 4. The smallest absolute Gasteiger partial charge is 0.335 e. The Bertz CT molecular complexity index is 383. The van der Waals surface area contributed by atoms with Crippen molar-refractivity contribution < 1.29 is 20.1 Å². The van der Waals surface area contributed by atoms with Crippen molar-refractivity contribution in [3.63, 3.8) is 0 Å². The van der Waals surface area contributed by atoms with Crippen molar-refractivity contribution in [2.45, 2.75) is 11.0 Å². The molecule has 1 aromatic rings. The van der Waals surface area contributed by atoms with Crippen LogP contribution in [-0.4, -0.2) is 39.8 Å². The summed E-state index contributed by atoms with van der Waals surface area (Å²) in [5.74, 6) is -0.756. The van der Waals surface area contributed by atoms with Crippen molar-refractivity contribution in [3.8, 4) is 0 Å². The Balaban J connectivity index is 2.78. The van der Waals surface area contributed by atoms with Gasteiger partial charge < -0.3 is 21.1 Å². The van der Waals surface area contributed by atoms with Gasteiger partial charge in [-0.1, -0.05) is 0 Å². The van der Waals surface area contributed by atoms with Gasteiger partial charge in [0.25, 0.3) is 0 Å². The highest BCUT2D eigenvalue weighted by Gasteiger charge is 2.09. The topological polar surface area (TPSA) is 104 Å². The van der Waals surface area contributed by atoms with Crippen LogP contribution in [0.5, 0.6) is 0 Å². The molecule has 5 N–H and O–H groups in total. The first-order chi connectivity index (χ1) is 7.54. The van der Waals surface area contributed by atoms with Crippen LogP contribution in [0.15, 0.2) is 23.1 Å². The number of benzene rings is 1. The van der Waals surface area contributed by atoms with E-state index in [0.717, 1.165) is 0 Å². The molecule has 0 aliphatic heterocycles. The van der Waals surface area contributed by atoms with Crippen LogP contribution in [0.3, 0.4) is 0 Å². The zero-order valence-electron chi connectivity index (χ0n) is 8.46. The highest BCUT2D eigenvalue weighted by molar-refractivity contribution is 7.99. The third-order valence-corrected chi connectivity index (χ3v) is 3.12. The van der Waals surface area contributed by atoms with Crippen molar-refractivity contribution in [3.05, 3.63) is 23.8 Å². The third kappa shape index (κ3) is 3.41. The summed E-state index contributed by atoms with van der Waals surface area (Å²) in [4.78, 5) is 11.3. The van der Waals surface area contributed by atoms with E-state index in [1.165, 1.54) is 30.0 Å². The van der Waals surface area contributed by atoms with Crippen LogP contribution in [0.2, 0.25) is 0 Å². The summed E-state index contributed by atoms with van der Waals surface area (Å²) in [6.45, 7) is -0.328. The molecule has 1 atom stereocenters. The fourth-order valence-electron chi connectivity index (χ4n) is 1.03. The van der Waals surface area contributed by atoms with E-state index in [1.54, 1.807) is 0 Å². The van der Waals surface area contributed by atoms with Crippen LogP contribution in [0.4, 0.5) is 5.69 Å². The number of hydrogen-bond acceptors (Lipinski definition) is 5. The van der Waals surface area contributed by atoms with E-state index in [2.05, 4.69) is 0 Å². The van der Waals surface area contributed by atoms with E-state index in [-0.39, 0.29) is 17.9 Å². The Morgan fingerprint density at radius 3 is 2.75 bits per heavy atom. The highest BCUT2D eigenvalue weighted by Crippen LogP contribution is 2.26. The minimum absolute atomic E-state index is 0.148. The molecule has 0 saturated carbocycles. The Morgan fingerprint density at radius 2 is 2.19 bits per heavy atom. The van der Waals surface area contributed by atoms with Gasteiger partial charge in [0, 0.05) is 16.3 Å². The minimum atomic E-state index is -1.02. The second kappa shape index (κ2) is 5.74. The van der Waals surface area contributed by atoms with Gasteiger partial charge in [0.15, 0.2) is 0 Å². The molecule has 1 aromatic carbocycles. The SMILES string of the molecule is Nc1ccc(C(=O)O)cc1SCC(O)CO. The molecule has 0 bridgehead atoms. The van der Waals surface area contributed by atoms with E-state index in [4.69, 9.17) is 21.1 Å². The molecule has 0 aliphatic rings. The molecule has 0 amide bonds. The molecule has 1 rings (SSSR count). The second-order valence-corrected chi connectivity index (χ2v) is 4.27. The Kier molecular flexibility index (Phi) is 4.60. The monoisotopic (exact) mass is 243 g/mol. The van der Waals surface area contributed by atoms with Gasteiger partial charge in [-0.05, 0) is 18.2 Å². The molecule has 6 heteroatoms. The van der Waals surface area contributed by atoms with Crippen LogP contribution in [0.1, 0.15) is 10.4 Å². The summed E-state index contributed by atoms with van der Waals surface area (Å²) < 4.78 is 0. The van der Waals surface area contributed by atoms with E-state index in [9.17, 15) is 4.79 Å². The number of anilines is 1. The maximum Gasteiger partial charge on any atom is 0.335 e. The van der Waals surface area contributed by atoms with Crippen LogP contribution in [-0.2, 0) is 0 Å². The molecule has 5 nitrogen and oxygen atoms in total. The minimum Gasteiger partial charge on any atom is -0.478 e. The standard InChI is InChI=1S/C10H13NO4S/c11-8-2-1-6(10(14)15)3-9(8)16-5-7(13)4-12/h1-3,7,12-13H,4-5,11H2,(H,14,15). The highest BCUT2D eigenvalue weighted by atomic mass is 32.2. The number of thioether (sulfide) groups is 1. The summed E-state index contributed by atoms with van der Waals surface area (Å²) in [5, 5.41) is 26.6. The summed E-state index contributed by atoms with van der Waals surface area (Å²) in [6.07, 6.45) is -0.835. The zero-order chi connectivity index (χ0) is 12.1. The van der Waals surface area contributed by atoms with Gasteiger partial charge in [-0.2, -0.15) is 0 Å². The number of rotatable bonds is 5. The summed E-state index contributed by atoms with van der Waals surface area (Å²) in [5.41, 5.74) is 6.27. The van der Waals surface area contributed by atoms with E-state index < -0.39 is 12.1 Å². The van der Waals surface area contributed by atoms with Crippen molar-refractivity contribution in [2.24, 2.45) is 0 Å². The molecule has 0 spiro atoms. The molecule has 0 fully saturated rings. The molecular weight excluding hydrogens is 230 g/mol. The number of nitrogen functional groups attached to an aromatic ring is 1. The summed E-state index contributed by atoms with van der Waals surface area (Å²) in [7, 11) is 0. The number of aliphatic hydroxyl groups is 2. The predicted octanol–water partition coefficient (Wildman–Crippen LogP) is 0.412. The summed E-state index contributed by atoms with van der Waals surface area (Å²) >= 11 is 1.21. The van der Waals surface area contributed by atoms with Gasteiger partial charge in [0.1, 0.15) is 0 Å². The largest absolute Gasteiger partial charge is 0.478 e. The molecule has 0 aromatic heterocycles. The summed E-state index contributed by atoms with van der Waals surface area (Å²) in [6, 6.07) is 4.38. The molecule has 0 radical (unpaired) electrons. The molecule has 0 saturated heterocycles. The van der Waals surface area contributed by atoms with Crippen LogP contribution >= 0.6 is 11.8 Å². The third-order valence-electron chi connectivity index (χ3n) is 1.90. The Morgan fingerprint density at radius 1 is 1.50 bits per heavy atom. The number of aromatic carboxylic acids is 1. The number of nitrogens with two attached hydrogens (primary N) is 1. The van der Waals surface area contributed by atoms with E-state index in [1.807, 2.05) is 0 Å². The number of carbonyl (C=O) groups is 1. The lowest BCUT2D eigenvalue weighted by molar-refractivity contribution is 0.0696. The quantitative estimate of drug-likeness (QED) is 0.441. The van der Waals surface area contributed by atoms with Gasteiger partial charge in [0.2, 0.25) is 0 Å². The first-order valence-corrected chi connectivity index (χ1v) is 5.57. The fraction of sp³-hybridized carbons (Fsp3) is 0.300. The van der Waals surface area contributed by atoms with Gasteiger partial charge >= 0.3 is 5.97 Å². The van der Waals surface area contributed by atoms with E-state index >= 15 is 0 Å². The van der Waals surface area contributed by atoms with Gasteiger partial charge in [-0.3, -0.25) is 0 Å². The zero-order valence-corrected chi connectivity index (χ0v) is 9.28. The lowest BCUT2D eigenvalue weighted by Gasteiger charge is -2.09. The average Bonchev–Trinajstić information content (AvgIpc) is 2.27. The van der Waals surface area contributed by atoms with Gasteiger partial charge in [0.05, 0.1) is 18.3 Å². The number of aliphatic hydroxyl groups excluding tert-OH is 2. The van der Waals surface area contributed by atoms with Gasteiger partial charge in [-0.25, -0.2) is 4.79 Å². The average molecular weight is 243 g/mol. The van der Waals surface area contributed by atoms with Crippen molar-refractivity contribution >= 4 is 23.4 Å². The normalized spacial score (nSPS) is 12.4. The molecule has 0 aliphatic carbocycles. The molecular formula is C10H13NO4S. The maximum atomic E-state index is 10.7. The molecule has 16 heavy (non-hydrogen) atoms. The Labute approximate surface area is 96.9 Å². The van der Waals surface area contributed by atoms with Crippen molar-refractivity contribution in [1.29, 1.82) is 0 Å². The lowest BCUT2D eigenvalue weighted by atomic mass is 10.2. The Hall–Kier alpha value is -1.24. The van der Waals surface area contributed by atoms with Crippen molar-refractivity contribution in [1.82, 2.24) is 0 Å². The second-order valence-electron chi connectivity index (χ2n) is 3.21. The van der Waals surface area contributed by atoms with E-state index in [0.29, 0.717) is 10.6 Å². The first kappa shape index (κ1) is 12.8. The molecule has 1 unspecified atom stereocenters. The predicted molar refractivity (Wildman–Crippen MR) is 61.6 cm³/mol. The fourth-order valence-corrected chi connectivity index (χ4v) is 1.95. The van der Waals surface area contributed by atoms with Crippen molar-refractivity contribution in [2.75, 3.05) is 18.1 Å². The van der Waals surface area contributed by atoms with Crippen LogP contribution in [0.25, 0.3) is 0 Å². The number of carboxylic acids is 1.